The second-order valence-corrected chi connectivity index (χ2v) is 8.61. The molecule has 154 valence electrons. The van der Waals surface area contributed by atoms with Crippen LogP contribution >= 0.6 is 0 Å². The van der Waals surface area contributed by atoms with Crippen LogP contribution in [0.3, 0.4) is 0 Å². The molecule has 0 bridgehead atoms. The summed E-state index contributed by atoms with van der Waals surface area (Å²) in [7, 11) is -5.09. The summed E-state index contributed by atoms with van der Waals surface area (Å²) in [6, 6.07) is 0. The first kappa shape index (κ1) is 24.8. The van der Waals surface area contributed by atoms with Crippen molar-refractivity contribution in [1.29, 1.82) is 0 Å². The van der Waals surface area contributed by atoms with Crippen LogP contribution in [0.1, 0.15) is 90.9 Å². The van der Waals surface area contributed by atoms with Gasteiger partial charge in [-0.3, -0.25) is 14.1 Å². The Kier molecular flexibility index (Phi) is 11.7. The number of aliphatic carboxylic acids is 2. The number of rotatable bonds is 16. The van der Waals surface area contributed by atoms with Gasteiger partial charge >= 0.3 is 11.9 Å². The molecule has 0 aromatic rings. The number of carbonyl (C=O) groups is 2. The summed E-state index contributed by atoms with van der Waals surface area (Å²) in [5, 5.41) is 19.1. The van der Waals surface area contributed by atoms with E-state index in [0.29, 0.717) is 19.3 Å². The normalized spacial score (nSPS) is 15.3. The van der Waals surface area contributed by atoms with Gasteiger partial charge in [-0.2, -0.15) is 8.42 Å². The Morgan fingerprint density at radius 2 is 1.31 bits per heavy atom. The van der Waals surface area contributed by atoms with E-state index in [9.17, 15) is 32.8 Å². The Labute approximate surface area is 156 Å². The van der Waals surface area contributed by atoms with Gasteiger partial charge in [-0.05, 0) is 12.8 Å². The van der Waals surface area contributed by atoms with Crippen molar-refractivity contribution in [1.82, 2.24) is 0 Å². The van der Waals surface area contributed by atoms with Crippen LogP contribution in [0.4, 0.5) is 0 Å². The van der Waals surface area contributed by atoms with Gasteiger partial charge in [-0.1, -0.05) is 78.1 Å². The molecule has 0 saturated carbocycles. The Balaban J connectivity index is 5.38. The zero-order valence-corrected chi connectivity index (χ0v) is 16.8. The molecular formula is C18H34O7S. The Morgan fingerprint density at radius 3 is 1.73 bits per heavy atom. The van der Waals surface area contributed by atoms with Crippen LogP contribution in [0, 0.1) is 5.92 Å². The lowest BCUT2D eigenvalue weighted by molar-refractivity contribution is -0.152. The Hall–Kier alpha value is -1.15. The third kappa shape index (κ3) is 7.23. The fourth-order valence-electron chi connectivity index (χ4n) is 3.35. The van der Waals surface area contributed by atoms with Gasteiger partial charge in [0.2, 0.25) is 4.75 Å². The Morgan fingerprint density at radius 1 is 0.846 bits per heavy atom. The van der Waals surface area contributed by atoms with E-state index in [-0.39, 0.29) is 12.8 Å². The topological polar surface area (TPSA) is 129 Å². The second-order valence-electron chi connectivity index (χ2n) is 6.93. The predicted molar refractivity (Wildman–Crippen MR) is 99.8 cm³/mol. The van der Waals surface area contributed by atoms with Gasteiger partial charge in [0.15, 0.2) is 0 Å². The average molecular weight is 395 g/mol. The van der Waals surface area contributed by atoms with E-state index >= 15 is 0 Å². The highest BCUT2D eigenvalue weighted by Gasteiger charge is 2.58. The molecular weight excluding hydrogens is 360 g/mol. The van der Waals surface area contributed by atoms with Gasteiger partial charge in [0.25, 0.3) is 10.1 Å². The van der Waals surface area contributed by atoms with E-state index in [1.807, 2.05) is 6.92 Å². The lowest BCUT2D eigenvalue weighted by Gasteiger charge is -2.32. The quantitative estimate of drug-likeness (QED) is 0.265. The first-order valence-electron chi connectivity index (χ1n) is 9.58. The van der Waals surface area contributed by atoms with Crippen LogP contribution in [0.25, 0.3) is 0 Å². The van der Waals surface area contributed by atoms with Crippen LogP contribution in [0.2, 0.25) is 0 Å². The molecule has 2 unspecified atom stereocenters. The number of carboxylic acids is 2. The summed E-state index contributed by atoms with van der Waals surface area (Å²) < 4.78 is 31.0. The summed E-state index contributed by atoms with van der Waals surface area (Å²) in [5.41, 5.74) is 0. The van der Waals surface area contributed by atoms with Crippen LogP contribution in [0.5, 0.6) is 0 Å². The lowest BCUT2D eigenvalue weighted by Crippen LogP contribution is -2.55. The van der Waals surface area contributed by atoms with Crippen LogP contribution in [0.15, 0.2) is 0 Å². The van der Waals surface area contributed by atoms with E-state index in [4.69, 9.17) is 0 Å². The molecule has 7 nitrogen and oxygen atoms in total. The van der Waals surface area contributed by atoms with Crippen molar-refractivity contribution in [3.63, 3.8) is 0 Å². The molecule has 0 rings (SSSR count). The second kappa shape index (κ2) is 12.3. The van der Waals surface area contributed by atoms with Crippen molar-refractivity contribution in [3.8, 4) is 0 Å². The van der Waals surface area contributed by atoms with Gasteiger partial charge in [-0.25, -0.2) is 0 Å². The predicted octanol–water partition coefficient (Wildman–Crippen LogP) is 4.12. The highest BCUT2D eigenvalue weighted by atomic mass is 32.2. The SMILES string of the molecule is CCCCCCCCC(C(=O)O)(C(CCCCCC)C(=O)O)S(=O)(=O)O. The molecule has 0 amide bonds. The maximum atomic E-state index is 12.0. The molecule has 2 atom stereocenters. The minimum Gasteiger partial charge on any atom is -0.481 e. The standard InChI is InChI=1S/C18H34O7S/c1-3-5-7-9-10-12-14-18(17(21)22,26(23,24)25)15(16(19)20)13-11-8-6-4-2/h15H,3-14H2,1-2H3,(H,19,20)(H,21,22)(H,23,24,25). The molecule has 0 aromatic carbocycles. The molecule has 0 aliphatic rings. The number of hydrogen-bond donors (Lipinski definition) is 3. The van der Waals surface area contributed by atoms with Gasteiger partial charge in [-0.15, -0.1) is 0 Å². The van der Waals surface area contributed by atoms with E-state index in [1.165, 1.54) is 0 Å². The molecule has 26 heavy (non-hydrogen) atoms. The van der Waals surface area contributed by atoms with E-state index < -0.39 is 39.1 Å². The van der Waals surface area contributed by atoms with E-state index in [1.54, 1.807) is 0 Å². The Bertz CT molecular complexity index is 530. The summed E-state index contributed by atoms with van der Waals surface area (Å²) in [4.78, 5) is 23.6. The van der Waals surface area contributed by atoms with Gasteiger partial charge in [0, 0.05) is 0 Å². The molecule has 3 N–H and O–H groups in total. The third-order valence-electron chi connectivity index (χ3n) is 4.93. The number of unbranched alkanes of at least 4 members (excludes halogenated alkanes) is 8. The molecule has 0 radical (unpaired) electrons. The monoisotopic (exact) mass is 394 g/mol. The first-order chi connectivity index (χ1) is 12.1. The summed E-state index contributed by atoms with van der Waals surface area (Å²) >= 11 is 0. The van der Waals surface area contributed by atoms with Gasteiger partial charge in [0.1, 0.15) is 0 Å². The smallest absolute Gasteiger partial charge is 0.328 e. The first-order valence-corrected chi connectivity index (χ1v) is 11.0. The van der Waals surface area contributed by atoms with Crippen molar-refractivity contribution < 1.29 is 32.8 Å². The van der Waals surface area contributed by atoms with Crippen LogP contribution in [-0.4, -0.2) is 39.9 Å². The minimum atomic E-state index is -5.09. The average Bonchev–Trinajstić information content (AvgIpc) is 2.53. The molecule has 8 heteroatoms. The highest BCUT2D eigenvalue weighted by Crippen LogP contribution is 2.36. The fourth-order valence-corrected chi connectivity index (χ4v) is 4.55. The largest absolute Gasteiger partial charge is 0.481 e. The number of carboxylic acid groups (broad SMARTS) is 2. The summed E-state index contributed by atoms with van der Waals surface area (Å²) in [5.74, 6) is -4.94. The van der Waals surface area contributed by atoms with E-state index in [0.717, 1.165) is 38.5 Å². The van der Waals surface area contributed by atoms with E-state index in [2.05, 4.69) is 6.92 Å². The molecule has 0 spiro atoms. The molecule has 0 fully saturated rings. The summed E-state index contributed by atoms with van der Waals surface area (Å²) in [6.45, 7) is 4.04. The molecule has 0 aromatic heterocycles. The van der Waals surface area contributed by atoms with Crippen molar-refractivity contribution in [2.24, 2.45) is 5.92 Å². The van der Waals surface area contributed by atoms with Crippen LogP contribution < -0.4 is 0 Å². The zero-order valence-electron chi connectivity index (χ0n) is 15.9. The van der Waals surface area contributed by atoms with Crippen molar-refractivity contribution in [2.75, 3.05) is 0 Å². The van der Waals surface area contributed by atoms with Crippen molar-refractivity contribution in [3.05, 3.63) is 0 Å². The zero-order chi connectivity index (χ0) is 20.2. The summed E-state index contributed by atoms with van der Waals surface area (Å²) in [6.07, 6.45) is 7.11. The maximum absolute atomic E-state index is 12.0. The number of hydrogen-bond acceptors (Lipinski definition) is 4. The third-order valence-corrected chi connectivity index (χ3v) is 6.52. The maximum Gasteiger partial charge on any atom is 0.328 e. The van der Waals surface area contributed by atoms with Gasteiger partial charge < -0.3 is 10.2 Å². The molecule has 0 saturated heterocycles. The van der Waals surface area contributed by atoms with Crippen molar-refractivity contribution >= 4 is 22.1 Å². The minimum absolute atomic E-state index is 0.0861. The van der Waals surface area contributed by atoms with Gasteiger partial charge in [0.05, 0.1) is 5.92 Å². The lowest BCUT2D eigenvalue weighted by atomic mass is 9.83. The van der Waals surface area contributed by atoms with Crippen LogP contribution in [-0.2, 0) is 19.7 Å². The molecule has 0 aliphatic carbocycles. The molecule has 0 heterocycles. The van der Waals surface area contributed by atoms with Crippen molar-refractivity contribution in [2.45, 2.75) is 95.6 Å². The highest BCUT2D eigenvalue weighted by molar-refractivity contribution is 7.88. The fraction of sp³-hybridized carbons (Fsp3) is 0.889. The molecule has 0 aliphatic heterocycles.